The first-order valence-corrected chi connectivity index (χ1v) is 9.18. The van der Waals surface area contributed by atoms with Crippen LogP contribution in [0.2, 0.25) is 0 Å². The molecule has 2 aliphatic rings. The van der Waals surface area contributed by atoms with Gasteiger partial charge in [0.15, 0.2) is 0 Å². The number of aryl methyl sites for hydroxylation is 1. The molecule has 1 aliphatic carbocycles. The van der Waals surface area contributed by atoms with Crippen molar-refractivity contribution in [3.8, 4) is 0 Å². The second kappa shape index (κ2) is 6.10. The Bertz CT molecular complexity index is 651. The van der Waals surface area contributed by atoms with Gasteiger partial charge in [-0.1, -0.05) is 11.3 Å². The van der Waals surface area contributed by atoms with Gasteiger partial charge in [-0.2, -0.15) is 4.31 Å². The highest BCUT2D eigenvalue weighted by molar-refractivity contribution is 7.90. The van der Waals surface area contributed by atoms with Crippen LogP contribution in [0.5, 0.6) is 0 Å². The molecule has 1 fully saturated rings. The molecule has 0 radical (unpaired) electrons. The molecule has 22 heavy (non-hydrogen) atoms. The molecule has 0 N–H and O–H groups in total. The normalized spacial score (nSPS) is 22.5. The fourth-order valence-corrected chi connectivity index (χ4v) is 4.75. The van der Waals surface area contributed by atoms with Gasteiger partial charge in [-0.05, 0) is 19.8 Å². The van der Waals surface area contributed by atoms with Crippen molar-refractivity contribution in [2.24, 2.45) is 0 Å². The lowest BCUT2D eigenvalue weighted by molar-refractivity contribution is 0.130. The standard InChI is InChI=1S/C14H22N4O3S/c1-3-7-21-10-11-8-17(22(19,20)12-5-6-12)9-13-14(11)18(4-2)16-15-13/h3,11-12H,1,4-10H2,2H3. The molecule has 1 aromatic heterocycles. The maximum Gasteiger partial charge on any atom is 0.217 e. The molecule has 8 heteroatoms. The van der Waals surface area contributed by atoms with Crippen molar-refractivity contribution in [2.45, 2.75) is 44.0 Å². The first kappa shape index (κ1) is 15.6. The zero-order valence-electron chi connectivity index (χ0n) is 12.8. The minimum absolute atomic E-state index is 0.0350. The van der Waals surface area contributed by atoms with E-state index in [4.69, 9.17) is 4.74 Å². The second-order valence-corrected chi connectivity index (χ2v) is 8.01. The fraction of sp³-hybridized carbons (Fsp3) is 0.714. The number of rotatable bonds is 7. The molecule has 1 aliphatic heterocycles. The molecule has 1 saturated carbocycles. The monoisotopic (exact) mass is 326 g/mol. The molecule has 0 aromatic carbocycles. The summed E-state index contributed by atoms with van der Waals surface area (Å²) in [4.78, 5) is 0. The zero-order valence-corrected chi connectivity index (χ0v) is 13.6. The number of ether oxygens (including phenoxy) is 1. The quantitative estimate of drug-likeness (QED) is 0.549. The highest BCUT2D eigenvalue weighted by atomic mass is 32.2. The van der Waals surface area contributed by atoms with Crippen LogP contribution >= 0.6 is 0 Å². The van der Waals surface area contributed by atoms with Crippen molar-refractivity contribution < 1.29 is 13.2 Å². The molecule has 0 saturated heterocycles. The van der Waals surface area contributed by atoms with E-state index < -0.39 is 10.0 Å². The lowest BCUT2D eigenvalue weighted by atomic mass is 10.0. The van der Waals surface area contributed by atoms with E-state index in [1.807, 2.05) is 11.6 Å². The average Bonchev–Trinajstić information content (AvgIpc) is 3.28. The van der Waals surface area contributed by atoms with Crippen molar-refractivity contribution in [1.82, 2.24) is 19.3 Å². The van der Waals surface area contributed by atoms with Crippen molar-refractivity contribution in [3.63, 3.8) is 0 Å². The summed E-state index contributed by atoms with van der Waals surface area (Å²) in [6.45, 7) is 8.02. The van der Waals surface area contributed by atoms with E-state index in [0.717, 1.165) is 30.8 Å². The predicted octanol–water partition coefficient (Wildman–Crippen LogP) is 0.892. The van der Waals surface area contributed by atoms with Crippen molar-refractivity contribution >= 4 is 10.0 Å². The van der Waals surface area contributed by atoms with E-state index in [1.54, 1.807) is 10.4 Å². The highest BCUT2D eigenvalue weighted by Crippen LogP contribution is 2.36. The fourth-order valence-electron chi connectivity index (χ4n) is 2.91. The smallest absolute Gasteiger partial charge is 0.217 e. The summed E-state index contributed by atoms with van der Waals surface area (Å²) in [5.74, 6) is -0.0350. The van der Waals surface area contributed by atoms with E-state index in [9.17, 15) is 8.42 Å². The first-order chi connectivity index (χ1) is 10.6. The first-order valence-electron chi connectivity index (χ1n) is 7.67. The number of hydrogen-bond acceptors (Lipinski definition) is 5. The zero-order chi connectivity index (χ0) is 15.7. The Kier molecular flexibility index (Phi) is 4.33. The van der Waals surface area contributed by atoms with Crippen molar-refractivity contribution in [2.75, 3.05) is 19.8 Å². The van der Waals surface area contributed by atoms with Crippen molar-refractivity contribution in [1.29, 1.82) is 0 Å². The van der Waals surface area contributed by atoms with Crippen LogP contribution in [-0.4, -0.2) is 52.7 Å². The van der Waals surface area contributed by atoms with E-state index in [2.05, 4.69) is 16.9 Å². The van der Waals surface area contributed by atoms with Crippen LogP contribution in [0.15, 0.2) is 12.7 Å². The summed E-state index contributed by atoms with van der Waals surface area (Å²) < 4.78 is 34.0. The molecule has 122 valence electrons. The maximum absolute atomic E-state index is 12.5. The SMILES string of the molecule is C=CCOCC1CN(S(=O)(=O)C2CC2)Cc2nnn(CC)c21. The van der Waals surface area contributed by atoms with Gasteiger partial charge in [0.1, 0.15) is 5.69 Å². The van der Waals surface area contributed by atoms with Gasteiger partial charge in [-0.3, -0.25) is 0 Å². The molecule has 0 amide bonds. The van der Waals surface area contributed by atoms with Gasteiger partial charge in [0.2, 0.25) is 10.0 Å². The number of nitrogens with zero attached hydrogens (tertiary/aromatic N) is 4. The summed E-state index contributed by atoms with van der Waals surface area (Å²) in [5.41, 5.74) is 1.76. The van der Waals surface area contributed by atoms with Crippen LogP contribution in [0, 0.1) is 0 Å². The topological polar surface area (TPSA) is 77.3 Å². The Morgan fingerprint density at radius 2 is 2.23 bits per heavy atom. The Morgan fingerprint density at radius 1 is 1.45 bits per heavy atom. The summed E-state index contributed by atoms with van der Waals surface area (Å²) in [6.07, 6.45) is 3.23. The minimum Gasteiger partial charge on any atom is -0.377 e. The van der Waals surface area contributed by atoms with E-state index >= 15 is 0 Å². The Labute approximate surface area is 131 Å². The highest BCUT2D eigenvalue weighted by Gasteiger charge is 2.44. The molecule has 1 unspecified atom stereocenters. The third kappa shape index (κ3) is 2.82. The van der Waals surface area contributed by atoms with Crippen molar-refractivity contribution in [3.05, 3.63) is 24.0 Å². The Balaban J connectivity index is 1.86. The molecular weight excluding hydrogens is 304 g/mol. The lowest BCUT2D eigenvalue weighted by Gasteiger charge is -2.31. The van der Waals surface area contributed by atoms with Crippen LogP contribution in [-0.2, 0) is 27.8 Å². The minimum atomic E-state index is -3.21. The number of aromatic nitrogens is 3. The maximum atomic E-state index is 12.5. The molecule has 1 aromatic rings. The van der Waals surface area contributed by atoms with Gasteiger partial charge >= 0.3 is 0 Å². The summed E-state index contributed by atoms with van der Waals surface area (Å²) in [7, 11) is -3.21. The average molecular weight is 326 g/mol. The van der Waals surface area contributed by atoms with Gasteiger partial charge in [0.25, 0.3) is 0 Å². The van der Waals surface area contributed by atoms with Crippen LogP contribution < -0.4 is 0 Å². The second-order valence-electron chi connectivity index (χ2n) is 5.80. The molecule has 3 rings (SSSR count). The van der Waals surface area contributed by atoms with E-state index in [-0.39, 0.29) is 11.2 Å². The molecule has 0 spiro atoms. The molecule has 0 bridgehead atoms. The molecule has 7 nitrogen and oxygen atoms in total. The lowest BCUT2D eigenvalue weighted by Crippen LogP contribution is -2.41. The third-order valence-electron chi connectivity index (χ3n) is 4.14. The van der Waals surface area contributed by atoms with Gasteiger partial charge in [-0.15, -0.1) is 11.7 Å². The predicted molar refractivity (Wildman–Crippen MR) is 81.8 cm³/mol. The van der Waals surface area contributed by atoms with Gasteiger partial charge in [0, 0.05) is 19.0 Å². The van der Waals surface area contributed by atoms with Gasteiger partial charge < -0.3 is 4.74 Å². The Morgan fingerprint density at radius 3 is 2.86 bits per heavy atom. The molecule has 2 heterocycles. The Hall–Kier alpha value is -1.25. The van der Waals surface area contributed by atoms with Gasteiger partial charge in [-0.25, -0.2) is 13.1 Å². The molecule has 1 atom stereocenters. The summed E-state index contributed by atoms with van der Waals surface area (Å²) in [6, 6.07) is 0. The number of fused-ring (bicyclic) bond motifs is 1. The van der Waals surface area contributed by atoms with E-state index in [1.165, 1.54) is 0 Å². The summed E-state index contributed by atoms with van der Waals surface area (Å²) >= 11 is 0. The summed E-state index contributed by atoms with van der Waals surface area (Å²) in [5, 5.41) is 8.12. The number of sulfonamides is 1. The van der Waals surface area contributed by atoms with Gasteiger partial charge in [0.05, 0.1) is 30.7 Å². The van der Waals surface area contributed by atoms with E-state index in [0.29, 0.717) is 26.3 Å². The van der Waals surface area contributed by atoms with Crippen LogP contribution in [0.4, 0.5) is 0 Å². The molecular formula is C14H22N4O3S. The third-order valence-corrected chi connectivity index (χ3v) is 6.46. The largest absolute Gasteiger partial charge is 0.377 e. The number of hydrogen-bond donors (Lipinski definition) is 0. The van der Waals surface area contributed by atoms with Crippen LogP contribution in [0.3, 0.4) is 0 Å². The van der Waals surface area contributed by atoms with Crippen LogP contribution in [0.1, 0.15) is 37.1 Å². The van der Waals surface area contributed by atoms with Crippen LogP contribution in [0.25, 0.3) is 0 Å².